The number of nitrogens with zero attached hydrogens (tertiary/aromatic N) is 6. The van der Waals surface area contributed by atoms with Crippen molar-refractivity contribution in [2.75, 3.05) is 0 Å². The average Bonchev–Trinajstić information content (AvgIpc) is 2.98. The summed E-state index contributed by atoms with van der Waals surface area (Å²) < 4.78 is 1.56. The third kappa shape index (κ3) is 2.90. The quantitative estimate of drug-likeness (QED) is 0.536. The maximum absolute atomic E-state index is 11.1. The minimum absolute atomic E-state index is 0.0759. The molecule has 0 N–H and O–H groups in total. The zero-order chi connectivity index (χ0) is 16.4. The highest BCUT2D eigenvalue weighted by Gasteiger charge is 2.20. The summed E-state index contributed by atoms with van der Waals surface area (Å²) in [6, 6.07) is 8.74. The summed E-state index contributed by atoms with van der Waals surface area (Å²) in [7, 11) is 0. The van der Waals surface area contributed by atoms with Crippen LogP contribution in [0.4, 0.5) is 5.69 Å². The van der Waals surface area contributed by atoms with Gasteiger partial charge >= 0.3 is 5.69 Å². The van der Waals surface area contributed by atoms with Crippen molar-refractivity contribution in [2.45, 2.75) is 24.0 Å². The number of rotatable bonds is 4. The van der Waals surface area contributed by atoms with Crippen LogP contribution < -0.4 is 0 Å². The summed E-state index contributed by atoms with van der Waals surface area (Å²) in [4.78, 5) is 14.7. The molecule has 3 aromatic rings. The molecular weight excluding hydrogens is 316 g/mol. The Hall–Kier alpha value is -2.81. The number of aromatic nitrogens is 5. The molecule has 2 aromatic heterocycles. The van der Waals surface area contributed by atoms with Crippen LogP contribution >= 0.6 is 11.8 Å². The summed E-state index contributed by atoms with van der Waals surface area (Å²) in [5, 5.41) is 23.4. The molecule has 0 aliphatic heterocycles. The van der Waals surface area contributed by atoms with E-state index in [1.165, 1.54) is 18.3 Å². The molecule has 0 amide bonds. The smallest absolute Gasteiger partial charge is 0.258 e. The Labute approximate surface area is 135 Å². The van der Waals surface area contributed by atoms with E-state index in [9.17, 15) is 10.1 Å². The van der Waals surface area contributed by atoms with Crippen LogP contribution in [-0.4, -0.2) is 30.1 Å². The summed E-state index contributed by atoms with van der Waals surface area (Å²) in [6.45, 7) is 3.98. The number of benzene rings is 1. The fourth-order valence-electron chi connectivity index (χ4n) is 2.05. The maximum Gasteiger partial charge on any atom is 0.301 e. The lowest BCUT2D eigenvalue weighted by atomic mass is 10.1. The van der Waals surface area contributed by atoms with E-state index in [0.717, 1.165) is 28.6 Å². The van der Waals surface area contributed by atoms with Crippen LogP contribution in [-0.2, 0) is 0 Å². The van der Waals surface area contributed by atoms with Crippen molar-refractivity contribution in [1.29, 1.82) is 0 Å². The SMILES string of the molecule is Cc1cccc(-n2nnnc2Sc2ncccc2[N+](=O)[O-])c1C. The first kappa shape index (κ1) is 15.1. The van der Waals surface area contributed by atoms with Gasteiger partial charge in [-0.25, -0.2) is 4.98 Å². The molecule has 0 saturated carbocycles. The molecule has 0 aliphatic rings. The van der Waals surface area contributed by atoms with Crippen molar-refractivity contribution in [2.24, 2.45) is 0 Å². The van der Waals surface area contributed by atoms with Gasteiger partial charge in [-0.1, -0.05) is 12.1 Å². The second kappa shape index (κ2) is 6.13. The van der Waals surface area contributed by atoms with Gasteiger partial charge in [-0.3, -0.25) is 10.1 Å². The summed E-state index contributed by atoms with van der Waals surface area (Å²) >= 11 is 1.06. The minimum atomic E-state index is -0.471. The molecular formula is C14H12N6O2S. The molecule has 0 unspecified atom stereocenters. The van der Waals surface area contributed by atoms with Crippen molar-refractivity contribution in [3.8, 4) is 5.69 Å². The van der Waals surface area contributed by atoms with E-state index in [1.807, 2.05) is 32.0 Å². The molecule has 9 heteroatoms. The molecule has 0 saturated heterocycles. The van der Waals surface area contributed by atoms with Gasteiger partial charge in [0.2, 0.25) is 5.16 Å². The van der Waals surface area contributed by atoms with Crippen molar-refractivity contribution in [1.82, 2.24) is 25.2 Å². The van der Waals surface area contributed by atoms with Crippen LogP contribution in [0, 0.1) is 24.0 Å². The standard InChI is InChI=1S/C14H12N6O2S/c1-9-5-3-6-11(10(9)2)19-14(16-17-18-19)23-13-12(20(21)22)7-4-8-15-13/h3-8H,1-2H3. The lowest BCUT2D eigenvalue weighted by Crippen LogP contribution is -2.03. The Bertz CT molecular complexity index is 879. The third-order valence-corrected chi connectivity index (χ3v) is 4.33. The lowest BCUT2D eigenvalue weighted by molar-refractivity contribution is -0.388. The zero-order valence-electron chi connectivity index (χ0n) is 12.4. The summed E-state index contributed by atoms with van der Waals surface area (Å²) in [5.41, 5.74) is 2.90. The van der Waals surface area contributed by atoms with E-state index in [4.69, 9.17) is 0 Å². The topological polar surface area (TPSA) is 99.6 Å². The van der Waals surface area contributed by atoms with Crippen molar-refractivity contribution in [3.63, 3.8) is 0 Å². The van der Waals surface area contributed by atoms with Gasteiger partial charge in [0.1, 0.15) is 0 Å². The first-order valence-electron chi connectivity index (χ1n) is 6.70. The Kier molecular flexibility index (Phi) is 4.02. The Morgan fingerprint density at radius 1 is 1.22 bits per heavy atom. The molecule has 23 heavy (non-hydrogen) atoms. The third-order valence-electron chi connectivity index (χ3n) is 3.38. The van der Waals surface area contributed by atoms with Crippen LogP contribution in [0.2, 0.25) is 0 Å². The van der Waals surface area contributed by atoms with E-state index >= 15 is 0 Å². The zero-order valence-corrected chi connectivity index (χ0v) is 13.2. The number of hydrogen-bond donors (Lipinski definition) is 0. The molecule has 8 nitrogen and oxygen atoms in total. The first-order chi connectivity index (χ1) is 11.1. The van der Waals surface area contributed by atoms with Gasteiger partial charge < -0.3 is 0 Å². The predicted molar refractivity (Wildman–Crippen MR) is 83.6 cm³/mol. The molecule has 0 radical (unpaired) electrons. The maximum atomic E-state index is 11.1. The Morgan fingerprint density at radius 3 is 2.83 bits per heavy atom. The fraction of sp³-hybridized carbons (Fsp3) is 0.143. The van der Waals surface area contributed by atoms with E-state index in [1.54, 1.807) is 4.68 Å². The number of aryl methyl sites for hydroxylation is 1. The highest BCUT2D eigenvalue weighted by Crippen LogP contribution is 2.32. The molecule has 116 valence electrons. The van der Waals surface area contributed by atoms with Crippen LogP contribution in [0.5, 0.6) is 0 Å². The van der Waals surface area contributed by atoms with E-state index in [2.05, 4.69) is 20.5 Å². The second-order valence-corrected chi connectivity index (χ2v) is 5.74. The van der Waals surface area contributed by atoms with Crippen LogP contribution in [0.25, 0.3) is 5.69 Å². The monoisotopic (exact) mass is 328 g/mol. The van der Waals surface area contributed by atoms with Crippen LogP contribution in [0.15, 0.2) is 46.7 Å². The van der Waals surface area contributed by atoms with Gasteiger partial charge in [-0.05, 0) is 59.3 Å². The number of tetrazole rings is 1. The number of hydrogen-bond acceptors (Lipinski definition) is 7. The van der Waals surface area contributed by atoms with Crippen molar-refractivity contribution >= 4 is 17.4 Å². The van der Waals surface area contributed by atoms with Gasteiger partial charge in [0.15, 0.2) is 5.03 Å². The van der Waals surface area contributed by atoms with E-state index in [-0.39, 0.29) is 10.7 Å². The van der Waals surface area contributed by atoms with Crippen LogP contribution in [0.3, 0.4) is 0 Å². The van der Waals surface area contributed by atoms with Crippen LogP contribution in [0.1, 0.15) is 11.1 Å². The molecule has 0 atom stereocenters. The molecule has 3 rings (SSSR count). The highest BCUT2D eigenvalue weighted by molar-refractivity contribution is 7.99. The largest absolute Gasteiger partial charge is 0.301 e. The molecule has 0 fully saturated rings. The predicted octanol–water partition coefficient (Wildman–Crippen LogP) is 2.73. The molecule has 0 aliphatic carbocycles. The van der Waals surface area contributed by atoms with Crippen molar-refractivity contribution in [3.05, 3.63) is 57.8 Å². The summed E-state index contributed by atoms with van der Waals surface area (Å²) in [6.07, 6.45) is 1.50. The first-order valence-corrected chi connectivity index (χ1v) is 7.52. The minimum Gasteiger partial charge on any atom is -0.258 e. The van der Waals surface area contributed by atoms with Gasteiger partial charge in [0, 0.05) is 12.3 Å². The molecule has 0 spiro atoms. The second-order valence-electron chi connectivity index (χ2n) is 4.78. The Balaban J connectivity index is 2.03. The molecule has 2 heterocycles. The van der Waals surface area contributed by atoms with E-state index in [0.29, 0.717) is 5.16 Å². The van der Waals surface area contributed by atoms with Gasteiger partial charge in [-0.2, -0.15) is 4.68 Å². The summed E-state index contributed by atoms with van der Waals surface area (Å²) in [5.74, 6) is 0. The molecule has 1 aromatic carbocycles. The van der Waals surface area contributed by atoms with Gasteiger partial charge in [0.05, 0.1) is 10.6 Å². The number of nitro groups is 1. The number of pyridine rings is 1. The van der Waals surface area contributed by atoms with E-state index < -0.39 is 4.92 Å². The van der Waals surface area contributed by atoms with Gasteiger partial charge in [0.25, 0.3) is 0 Å². The van der Waals surface area contributed by atoms with Gasteiger partial charge in [-0.15, -0.1) is 5.10 Å². The highest BCUT2D eigenvalue weighted by atomic mass is 32.2. The normalized spacial score (nSPS) is 10.7. The molecule has 0 bridgehead atoms. The fourth-order valence-corrected chi connectivity index (χ4v) is 2.88. The average molecular weight is 328 g/mol. The van der Waals surface area contributed by atoms with Crippen molar-refractivity contribution < 1.29 is 4.92 Å². The lowest BCUT2D eigenvalue weighted by Gasteiger charge is -2.09. The Morgan fingerprint density at radius 2 is 2.04 bits per heavy atom.